The third-order valence-corrected chi connectivity index (χ3v) is 3.94. The quantitative estimate of drug-likeness (QED) is 0.753. The molecule has 2 aromatic rings. The molecule has 1 aromatic carbocycles. The van der Waals surface area contributed by atoms with E-state index in [4.69, 9.17) is 10.4 Å². The van der Waals surface area contributed by atoms with Crippen LogP contribution in [0.5, 0.6) is 0 Å². The number of nitrogens with two attached hydrogens (primary N) is 1. The SMILES string of the molecule is CCN(CC)CCCN(CC)c1ccc(N)c2nonc12. The predicted octanol–water partition coefficient (Wildman–Crippen LogP) is 2.36. The van der Waals surface area contributed by atoms with Crippen molar-refractivity contribution >= 4 is 22.4 Å². The van der Waals surface area contributed by atoms with Crippen LogP contribution in [0.15, 0.2) is 16.8 Å². The number of hydrogen-bond acceptors (Lipinski definition) is 6. The van der Waals surface area contributed by atoms with Gasteiger partial charge in [0.1, 0.15) is 0 Å². The third kappa shape index (κ3) is 3.44. The average Bonchev–Trinajstić information content (AvgIpc) is 2.99. The van der Waals surface area contributed by atoms with E-state index < -0.39 is 0 Å². The summed E-state index contributed by atoms with van der Waals surface area (Å²) < 4.78 is 4.84. The molecule has 0 aliphatic carbocycles. The molecule has 0 saturated carbocycles. The molecule has 1 aromatic heterocycles. The minimum atomic E-state index is 0.606. The van der Waals surface area contributed by atoms with Crippen LogP contribution in [0.3, 0.4) is 0 Å². The summed E-state index contributed by atoms with van der Waals surface area (Å²) in [5, 5.41) is 7.89. The van der Waals surface area contributed by atoms with Gasteiger partial charge in [-0.05, 0) is 55.4 Å². The van der Waals surface area contributed by atoms with Crippen LogP contribution in [0.2, 0.25) is 0 Å². The fourth-order valence-corrected chi connectivity index (χ4v) is 2.60. The van der Waals surface area contributed by atoms with Crippen molar-refractivity contribution in [3.05, 3.63) is 12.1 Å². The Kier molecular flexibility index (Phi) is 5.38. The summed E-state index contributed by atoms with van der Waals surface area (Å²) >= 11 is 0. The van der Waals surface area contributed by atoms with E-state index in [1.54, 1.807) is 0 Å². The van der Waals surface area contributed by atoms with E-state index in [1.165, 1.54) is 0 Å². The molecule has 0 aliphatic heterocycles. The number of nitrogen functional groups attached to an aromatic ring is 1. The van der Waals surface area contributed by atoms with Crippen LogP contribution < -0.4 is 10.6 Å². The Morgan fingerprint density at radius 1 is 1.00 bits per heavy atom. The zero-order chi connectivity index (χ0) is 15.2. The second-order valence-electron chi connectivity index (χ2n) is 5.10. The van der Waals surface area contributed by atoms with Crippen LogP contribution in [0.4, 0.5) is 11.4 Å². The molecule has 0 fully saturated rings. The molecule has 0 amide bonds. The van der Waals surface area contributed by atoms with E-state index in [0.717, 1.165) is 50.3 Å². The van der Waals surface area contributed by atoms with Crippen LogP contribution in [-0.2, 0) is 0 Å². The van der Waals surface area contributed by atoms with Gasteiger partial charge in [-0.1, -0.05) is 13.8 Å². The largest absolute Gasteiger partial charge is 0.397 e. The predicted molar refractivity (Wildman–Crippen MR) is 86.5 cm³/mol. The van der Waals surface area contributed by atoms with Crippen molar-refractivity contribution in [1.29, 1.82) is 0 Å². The Hall–Kier alpha value is -1.82. The zero-order valence-corrected chi connectivity index (χ0v) is 13.2. The number of hydrogen-bond donors (Lipinski definition) is 1. The first-order valence-corrected chi connectivity index (χ1v) is 7.69. The standard InChI is InChI=1S/C15H25N5O/c1-4-19(5-2)10-7-11-20(6-3)13-9-8-12(16)14-15(13)18-21-17-14/h8-9H,4-7,10-11,16H2,1-3H3. The molecule has 0 aliphatic rings. The first-order chi connectivity index (χ1) is 10.2. The van der Waals surface area contributed by atoms with E-state index >= 15 is 0 Å². The lowest BCUT2D eigenvalue weighted by Gasteiger charge is -2.25. The highest BCUT2D eigenvalue weighted by atomic mass is 16.6. The maximum absolute atomic E-state index is 5.90. The van der Waals surface area contributed by atoms with Gasteiger partial charge in [0.05, 0.1) is 11.4 Å². The van der Waals surface area contributed by atoms with Gasteiger partial charge in [-0.25, -0.2) is 4.63 Å². The molecule has 6 nitrogen and oxygen atoms in total. The fraction of sp³-hybridized carbons (Fsp3) is 0.600. The van der Waals surface area contributed by atoms with Gasteiger partial charge in [-0.2, -0.15) is 0 Å². The molecule has 0 saturated heterocycles. The fourth-order valence-electron chi connectivity index (χ4n) is 2.60. The summed E-state index contributed by atoms with van der Waals surface area (Å²) in [5.74, 6) is 0. The number of benzene rings is 1. The van der Waals surface area contributed by atoms with Gasteiger partial charge in [0.25, 0.3) is 0 Å². The Balaban J connectivity index is 2.09. The minimum Gasteiger partial charge on any atom is -0.397 e. The average molecular weight is 291 g/mol. The van der Waals surface area contributed by atoms with Crippen molar-refractivity contribution in [2.75, 3.05) is 43.4 Å². The van der Waals surface area contributed by atoms with Gasteiger partial charge in [-0.15, -0.1) is 0 Å². The highest BCUT2D eigenvalue weighted by Gasteiger charge is 2.14. The number of nitrogens with zero attached hydrogens (tertiary/aromatic N) is 4. The highest BCUT2D eigenvalue weighted by Crippen LogP contribution is 2.28. The van der Waals surface area contributed by atoms with Crippen molar-refractivity contribution in [2.24, 2.45) is 0 Å². The van der Waals surface area contributed by atoms with Crippen LogP contribution >= 0.6 is 0 Å². The first kappa shape index (κ1) is 15.6. The highest BCUT2D eigenvalue weighted by molar-refractivity contribution is 5.95. The molecule has 2 N–H and O–H groups in total. The van der Waals surface area contributed by atoms with E-state index in [0.29, 0.717) is 11.2 Å². The van der Waals surface area contributed by atoms with Crippen LogP contribution in [0, 0.1) is 0 Å². The summed E-state index contributed by atoms with van der Waals surface area (Å²) in [6, 6.07) is 3.87. The number of fused-ring (bicyclic) bond motifs is 1. The van der Waals surface area contributed by atoms with Gasteiger partial charge in [0.2, 0.25) is 0 Å². The second-order valence-corrected chi connectivity index (χ2v) is 5.10. The van der Waals surface area contributed by atoms with E-state index in [2.05, 4.69) is 40.9 Å². The van der Waals surface area contributed by atoms with Crippen molar-refractivity contribution < 1.29 is 4.63 Å². The molecule has 116 valence electrons. The molecular formula is C15H25N5O. The molecule has 0 unspecified atom stereocenters. The summed E-state index contributed by atoms with van der Waals surface area (Å²) in [4.78, 5) is 4.74. The lowest BCUT2D eigenvalue weighted by molar-refractivity contribution is 0.300. The van der Waals surface area contributed by atoms with E-state index in [1.807, 2.05) is 12.1 Å². The normalized spacial score (nSPS) is 11.4. The maximum Gasteiger partial charge on any atom is 0.160 e. The van der Waals surface area contributed by atoms with Gasteiger partial charge in [0.15, 0.2) is 11.0 Å². The summed E-state index contributed by atoms with van der Waals surface area (Å²) in [6.07, 6.45) is 1.12. The maximum atomic E-state index is 5.90. The number of aromatic nitrogens is 2. The van der Waals surface area contributed by atoms with Gasteiger partial charge < -0.3 is 15.5 Å². The molecule has 21 heavy (non-hydrogen) atoms. The van der Waals surface area contributed by atoms with Crippen LogP contribution in [0.1, 0.15) is 27.2 Å². The van der Waals surface area contributed by atoms with Crippen molar-refractivity contribution in [2.45, 2.75) is 27.2 Å². The monoisotopic (exact) mass is 291 g/mol. The van der Waals surface area contributed by atoms with Crippen molar-refractivity contribution in [1.82, 2.24) is 15.2 Å². The summed E-state index contributed by atoms with van der Waals surface area (Å²) in [5.41, 5.74) is 8.95. The van der Waals surface area contributed by atoms with Gasteiger partial charge in [-0.3, -0.25) is 0 Å². The molecule has 1 heterocycles. The van der Waals surface area contributed by atoms with E-state index in [9.17, 15) is 0 Å². The molecule has 6 heteroatoms. The minimum absolute atomic E-state index is 0.606. The van der Waals surface area contributed by atoms with Crippen LogP contribution in [-0.4, -0.2) is 47.9 Å². The van der Waals surface area contributed by atoms with Crippen LogP contribution in [0.25, 0.3) is 11.0 Å². The lowest BCUT2D eigenvalue weighted by Crippen LogP contribution is -2.30. The Morgan fingerprint density at radius 2 is 1.71 bits per heavy atom. The van der Waals surface area contributed by atoms with Gasteiger partial charge in [0, 0.05) is 13.1 Å². The van der Waals surface area contributed by atoms with Gasteiger partial charge >= 0.3 is 0 Å². The third-order valence-electron chi connectivity index (χ3n) is 3.94. The Labute approximate surface area is 125 Å². The number of anilines is 2. The lowest BCUT2D eigenvalue weighted by atomic mass is 10.2. The first-order valence-electron chi connectivity index (χ1n) is 7.69. The molecular weight excluding hydrogens is 266 g/mol. The smallest absolute Gasteiger partial charge is 0.160 e. The van der Waals surface area contributed by atoms with Crippen molar-refractivity contribution in [3.63, 3.8) is 0 Å². The van der Waals surface area contributed by atoms with Crippen molar-refractivity contribution in [3.8, 4) is 0 Å². The van der Waals surface area contributed by atoms with E-state index in [-0.39, 0.29) is 0 Å². The second kappa shape index (κ2) is 7.26. The molecule has 0 spiro atoms. The molecule has 0 bridgehead atoms. The Morgan fingerprint density at radius 3 is 2.38 bits per heavy atom. The summed E-state index contributed by atoms with van der Waals surface area (Å²) in [6.45, 7) is 11.8. The zero-order valence-electron chi connectivity index (χ0n) is 13.2. The Bertz CT molecular complexity index is 564. The number of rotatable bonds is 8. The molecule has 0 atom stereocenters. The molecule has 0 radical (unpaired) electrons. The molecule has 2 rings (SSSR count). The topological polar surface area (TPSA) is 71.4 Å². The summed E-state index contributed by atoms with van der Waals surface area (Å²) in [7, 11) is 0.